The lowest BCUT2D eigenvalue weighted by Gasteiger charge is -2.11. The van der Waals surface area contributed by atoms with Crippen LogP contribution in [0.25, 0.3) is 0 Å². The van der Waals surface area contributed by atoms with Crippen LogP contribution in [0.5, 0.6) is 5.75 Å². The van der Waals surface area contributed by atoms with Gasteiger partial charge in [-0.3, -0.25) is 4.79 Å². The third-order valence-corrected chi connectivity index (χ3v) is 3.33. The standard InChI is InChI=1S/C17H15F4NO2/c1-24-13-4-2-3-11(9-13)5-8-16(23)22-12-6-7-15(18)14(10-12)17(19,20)21/h2-4,6-7,9-10H,5,8H2,1H3,(H,22,23). The molecule has 0 aliphatic carbocycles. The van der Waals surface area contributed by atoms with Crippen molar-refractivity contribution in [2.45, 2.75) is 19.0 Å². The number of alkyl halides is 3. The van der Waals surface area contributed by atoms with E-state index in [1.807, 2.05) is 6.07 Å². The maximum Gasteiger partial charge on any atom is 0.419 e. The van der Waals surface area contributed by atoms with Crippen molar-refractivity contribution >= 4 is 11.6 Å². The van der Waals surface area contributed by atoms with E-state index in [2.05, 4.69) is 5.32 Å². The van der Waals surface area contributed by atoms with E-state index in [1.54, 1.807) is 18.2 Å². The molecule has 7 heteroatoms. The topological polar surface area (TPSA) is 38.3 Å². The average Bonchev–Trinajstić information content (AvgIpc) is 2.54. The third-order valence-electron chi connectivity index (χ3n) is 3.33. The van der Waals surface area contributed by atoms with E-state index in [1.165, 1.54) is 7.11 Å². The summed E-state index contributed by atoms with van der Waals surface area (Å²) in [6.45, 7) is 0. The Hall–Kier alpha value is -2.57. The predicted molar refractivity (Wildman–Crippen MR) is 81.3 cm³/mol. The number of halogens is 4. The highest BCUT2D eigenvalue weighted by atomic mass is 19.4. The number of benzene rings is 2. The van der Waals surface area contributed by atoms with Gasteiger partial charge in [0.1, 0.15) is 11.6 Å². The summed E-state index contributed by atoms with van der Waals surface area (Å²) in [4.78, 5) is 11.9. The second-order valence-corrected chi connectivity index (χ2v) is 5.09. The number of carbonyl (C=O) groups excluding carboxylic acids is 1. The number of ether oxygens (including phenoxy) is 1. The number of hydrogen-bond donors (Lipinski definition) is 1. The molecule has 2 aromatic rings. The summed E-state index contributed by atoms with van der Waals surface area (Å²) in [7, 11) is 1.53. The molecule has 1 amide bonds. The van der Waals surface area contributed by atoms with Crippen molar-refractivity contribution in [2.24, 2.45) is 0 Å². The highest BCUT2D eigenvalue weighted by Crippen LogP contribution is 2.33. The SMILES string of the molecule is COc1cccc(CCC(=O)Nc2ccc(F)c(C(F)(F)F)c2)c1. The highest BCUT2D eigenvalue weighted by Gasteiger charge is 2.34. The Kier molecular flexibility index (Phi) is 5.43. The molecule has 0 spiro atoms. The number of hydrogen-bond acceptors (Lipinski definition) is 2. The summed E-state index contributed by atoms with van der Waals surface area (Å²) in [5, 5.41) is 2.34. The van der Waals surface area contributed by atoms with Crippen molar-refractivity contribution in [3.8, 4) is 5.75 Å². The molecule has 24 heavy (non-hydrogen) atoms. The fourth-order valence-electron chi connectivity index (χ4n) is 2.13. The maximum absolute atomic E-state index is 13.2. The lowest BCUT2D eigenvalue weighted by molar-refractivity contribution is -0.140. The molecule has 0 fully saturated rings. The zero-order chi connectivity index (χ0) is 17.7. The molecule has 0 atom stereocenters. The Morgan fingerprint density at radius 2 is 1.92 bits per heavy atom. The third kappa shape index (κ3) is 4.71. The van der Waals surface area contributed by atoms with Crippen LogP contribution in [0.3, 0.4) is 0 Å². The Labute approximate surface area is 136 Å². The number of carbonyl (C=O) groups is 1. The first-order chi connectivity index (χ1) is 11.3. The minimum atomic E-state index is -4.81. The van der Waals surface area contributed by atoms with Gasteiger partial charge in [-0.1, -0.05) is 12.1 Å². The zero-order valence-corrected chi connectivity index (χ0v) is 12.8. The van der Waals surface area contributed by atoms with Crippen LogP contribution in [0.15, 0.2) is 42.5 Å². The molecule has 3 nitrogen and oxygen atoms in total. The van der Waals surface area contributed by atoms with Crippen LogP contribution in [0.4, 0.5) is 23.2 Å². The molecule has 0 aromatic heterocycles. The molecule has 0 heterocycles. The van der Waals surface area contributed by atoms with Gasteiger partial charge in [0.2, 0.25) is 5.91 Å². The minimum Gasteiger partial charge on any atom is -0.497 e. The molecule has 0 unspecified atom stereocenters. The van der Waals surface area contributed by atoms with Crippen LogP contribution in [-0.4, -0.2) is 13.0 Å². The lowest BCUT2D eigenvalue weighted by Crippen LogP contribution is -2.14. The van der Waals surface area contributed by atoms with Crippen LogP contribution >= 0.6 is 0 Å². The van der Waals surface area contributed by atoms with E-state index in [0.717, 1.165) is 11.6 Å². The molecule has 0 saturated heterocycles. The Morgan fingerprint density at radius 3 is 2.58 bits per heavy atom. The Morgan fingerprint density at radius 1 is 1.17 bits per heavy atom. The van der Waals surface area contributed by atoms with Crippen LogP contribution in [0.2, 0.25) is 0 Å². The molecule has 2 rings (SSSR count). The molecule has 0 aliphatic rings. The van der Waals surface area contributed by atoms with E-state index < -0.39 is 23.5 Å². The van der Waals surface area contributed by atoms with Gasteiger partial charge in [-0.25, -0.2) is 4.39 Å². The Balaban J connectivity index is 1.99. The second kappa shape index (κ2) is 7.33. The van der Waals surface area contributed by atoms with Gasteiger partial charge in [-0.15, -0.1) is 0 Å². The van der Waals surface area contributed by atoms with E-state index in [0.29, 0.717) is 24.3 Å². The number of aryl methyl sites for hydroxylation is 1. The van der Waals surface area contributed by atoms with Gasteiger partial charge in [-0.05, 0) is 42.3 Å². The van der Waals surface area contributed by atoms with Crippen LogP contribution in [-0.2, 0) is 17.4 Å². The van der Waals surface area contributed by atoms with E-state index in [-0.39, 0.29) is 12.1 Å². The average molecular weight is 341 g/mol. The van der Waals surface area contributed by atoms with Crippen molar-refractivity contribution in [3.05, 3.63) is 59.4 Å². The van der Waals surface area contributed by atoms with E-state index in [4.69, 9.17) is 4.74 Å². The van der Waals surface area contributed by atoms with Gasteiger partial charge in [0, 0.05) is 12.1 Å². The van der Waals surface area contributed by atoms with Gasteiger partial charge in [0.05, 0.1) is 12.7 Å². The fourth-order valence-corrected chi connectivity index (χ4v) is 2.13. The maximum atomic E-state index is 13.2. The summed E-state index contributed by atoms with van der Waals surface area (Å²) in [6, 6.07) is 9.48. The Bertz CT molecular complexity index is 729. The van der Waals surface area contributed by atoms with Crippen molar-refractivity contribution in [1.82, 2.24) is 0 Å². The normalized spacial score (nSPS) is 11.2. The van der Waals surface area contributed by atoms with Gasteiger partial charge in [0.25, 0.3) is 0 Å². The van der Waals surface area contributed by atoms with Gasteiger partial charge < -0.3 is 10.1 Å². The minimum absolute atomic E-state index is 0.0753. The second-order valence-electron chi connectivity index (χ2n) is 5.09. The first kappa shape index (κ1) is 17.8. The molecular formula is C17H15F4NO2. The highest BCUT2D eigenvalue weighted by molar-refractivity contribution is 5.90. The number of amides is 1. The van der Waals surface area contributed by atoms with Gasteiger partial charge in [0.15, 0.2) is 0 Å². The fraction of sp³-hybridized carbons (Fsp3) is 0.235. The number of anilines is 1. The smallest absolute Gasteiger partial charge is 0.419 e. The van der Waals surface area contributed by atoms with Gasteiger partial charge in [-0.2, -0.15) is 13.2 Å². The summed E-state index contributed by atoms with van der Waals surface area (Å²) < 4.78 is 56.2. The molecule has 1 N–H and O–H groups in total. The van der Waals surface area contributed by atoms with Crippen LogP contribution < -0.4 is 10.1 Å². The zero-order valence-electron chi connectivity index (χ0n) is 12.8. The molecule has 0 radical (unpaired) electrons. The summed E-state index contributed by atoms with van der Waals surface area (Å²) in [6.07, 6.45) is -4.34. The first-order valence-electron chi connectivity index (χ1n) is 7.09. The lowest BCUT2D eigenvalue weighted by atomic mass is 10.1. The predicted octanol–water partition coefficient (Wildman–Crippen LogP) is 4.42. The van der Waals surface area contributed by atoms with Crippen LogP contribution in [0, 0.1) is 5.82 Å². The molecule has 0 saturated carbocycles. The number of methoxy groups -OCH3 is 1. The van der Waals surface area contributed by atoms with E-state index >= 15 is 0 Å². The number of nitrogens with one attached hydrogen (secondary N) is 1. The van der Waals surface area contributed by atoms with Crippen molar-refractivity contribution < 1.29 is 27.1 Å². The van der Waals surface area contributed by atoms with Crippen molar-refractivity contribution in [2.75, 3.05) is 12.4 Å². The molecule has 2 aromatic carbocycles. The molecule has 0 aliphatic heterocycles. The number of rotatable bonds is 5. The summed E-state index contributed by atoms with van der Waals surface area (Å²) >= 11 is 0. The summed E-state index contributed by atoms with van der Waals surface area (Å²) in [5.41, 5.74) is -0.646. The molecule has 0 bridgehead atoms. The van der Waals surface area contributed by atoms with Crippen molar-refractivity contribution in [3.63, 3.8) is 0 Å². The quantitative estimate of drug-likeness (QED) is 0.818. The van der Waals surface area contributed by atoms with Crippen LogP contribution in [0.1, 0.15) is 17.5 Å². The van der Waals surface area contributed by atoms with E-state index in [9.17, 15) is 22.4 Å². The first-order valence-corrected chi connectivity index (χ1v) is 7.09. The largest absolute Gasteiger partial charge is 0.497 e. The van der Waals surface area contributed by atoms with Gasteiger partial charge >= 0.3 is 6.18 Å². The molecule has 128 valence electrons. The summed E-state index contributed by atoms with van der Waals surface area (Å²) in [5.74, 6) is -1.18. The van der Waals surface area contributed by atoms with Crippen molar-refractivity contribution in [1.29, 1.82) is 0 Å². The monoisotopic (exact) mass is 341 g/mol. The molecular weight excluding hydrogens is 326 g/mol.